The van der Waals surface area contributed by atoms with E-state index in [-0.39, 0.29) is 11.4 Å². The number of benzene rings is 1. The summed E-state index contributed by atoms with van der Waals surface area (Å²) in [5, 5.41) is 12.1. The maximum Gasteiger partial charge on any atom is 0.261 e. The van der Waals surface area contributed by atoms with Crippen LogP contribution in [0.3, 0.4) is 0 Å². The first-order valence-corrected chi connectivity index (χ1v) is 9.74. The van der Waals surface area contributed by atoms with Gasteiger partial charge in [-0.3, -0.25) is 4.79 Å². The van der Waals surface area contributed by atoms with Crippen LogP contribution in [0.15, 0.2) is 36.4 Å². The predicted octanol–water partition coefficient (Wildman–Crippen LogP) is 3.90. The second-order valence-corrected chi connectivity index (χ2v) is 8.48. The van der Waals surface area contributed by atoms with E-state index in [1.807, 2.05) is 48.0 Å². The van der Waals surface area contributed by atoms with Gasteiger partial charge in [-0.25, -0.2) is 4.68 Å². The average Bonchev–Trinajstić information content (AvgIpc) is 3.15. The number of hydrogen-bond acceptors (Lipinski definition) is 4. The maximum absolute atomic E-state index is 12.5. The Labute approximate surface area is 158 Å². The summed E-state index contributed by atoms with van der Waals surface area (Å²) in [6.45, 7) is 9.95. The van der Waals surface area contributed by atoms with Crippen molar-refractivity contribution in [1.29, 1.82) is 0 Å². The summed E-state index contributed by atoms with van der Waals surface area (Å²) in [6.07, 6.45) is 0.907. The largest absolute Gasteiger partial charge is 0.351 e. The van der Waals surface area contributed by atoms with E-state index in [2.05, 4.69) is 36.5 Å². The quantitative estimate of drug-likeness (QED) is 0.647. The van der Waals surface area contributed by atoms with Gasteiger partial charge in [0.1, 0.15) is 4.83 Å². The first-order valence-electron chi connectivity index (χ1n) is 8.93. The first-order chi connectivity index (χ1) is 12.3. The summed E-state index contributed by atoms with van der Waals surface area (Å²) in [7, 11) is 0. The number of aromatic nitrogens is 2. The van der Waals surface area contributed by atoms with Crippen molar-refractivity contribution in [3.8, 4) is 5.69 Å². The predicted molar refractivity (Wildman–Crippen MR) is 108 cm³/mol. The standard InChI is InChI=1S/C20H26N4OS/c1-14-16-13-17(18(25)21-11-8-12-22-20(2,3)4)26-19(16)24(23-14)15-9-6-5-7-10-15/h5-7,9-10,13,22H,8,11-12H2,1-4H3,(H,21,25). The van der Waals surface area contributed by atoms with Gasteiger partial charge >= 0.3 is 0 Å². The smallest absolute Gasteiger partial charge is 0.261 e. The fourth-order valence-corrected chi connectivity index (χ4v) is 3.84. The Bertz CT molecular complexity index is 890. The van der Waals surface area contributed by atoms with Crippen LogP contribution in [0.5, 0.6) is 0 Å². The third-order valence-corrected chi connectivity index (χ3v) is 5.17. The third-order valence-electron chi connectivity index (χ3n) is 4.06. The lowest BCUT2D eigenvalue weighted by atomic mass is 10.1. The van der Waals surface area contributed by atoms with Gasteiger partial charge in [0.15, 0.2) is 0 Å². The van der Waals surface area contributed by atoms with E-state index in [0.29, 0.717) is 6.54 Å². The summed E-state index contributed by atoms with van der Waals surface area (Å²) in [5.74, 6) is -0.0130. The Morgan fingerprint density at radius 3 is 2.62 bits per heavy atom. The Morgan fingerprint density at radius 2 is 1.92 bits per heavy atom. The van der Waals surface area contributed by atoms with Crippen LogP contribution >= 0.6 is 11.3 Å². The number of aryl methyl sites for hydroxylation is 1. The highest BCUT2D eigenvalue weighted by molar-refractivity contribution is 7.20. The number of amides is 1. The van der Waals surface area contributed by atoms with Crippen LogP contribution < -0.4 is 10.6 Å². The molecule has 138 valence electrons. The number of fused-ring (bicyclic) bond motifs is 1. The highest BCUT2D eigenvalue weighted by Gasteiger charge is 2.17. The molecule has 2 N–H and O–H groups in total. The lowest BCUT2D eigenvalue weighted by Gasteiger charge is -2.20. The van der Waals surface area contributed by atoms with E-state index >= 15 is 0 Å². The molecule has 0 saturated heterocycles. The molecule has 6 heteroatoms. The van der Waals surface area contributed by atoms with Crippen LogP contribution in [-0.2, 0) is 0 Å². The molecule has 26 heavy (non-hydrogen) atoms. The van der Waals surface area contributed by atoms with Crippen molar-refractivity contribution in [2.45, 2.75) is 39.7 Å². The second kappa shape index (κ2) is 7.60. The van der Waals surface area contributed by atoms with Crippen LogP contribution in [0.2, 0.25) is 0 Å². The molecule has 3 rings (SSSR count). The Kier molecular flexibility index (Phi) is 5.44. The molecular formula is C20H26N4OS. The summed E-state index contributed by atoms with van der Waals surface area (Å²) in [5.41, 5.74) is 2.05. The average molecular weight is 371 g/mol. The second-order valence-electron chi connectivity index (χ2n) is 7.45. The van der Waals surface area contributed by atoms with Gasteiger partial charge in [-0.1, -0.05) is 18.2 Å². The molecule has 0 saturated carbocycles. The molecule has 2 aromatic heterocycles. The molecule has 0 fully saturated rings. The topological polar surface area (TPSA) is 59.0 Å². The van der Waals surface area contributed by atoms with E-state index in [1.54, 1.807) is 0 Å². The van der Waals surface area contributed by atoms with Gasteiger partial charge in [0.25, 0.3) is 5.91 Å². The van der Waals surface area contributed by atoms with Crippen molar-refractivity contribution < 1.29 is 4.79 Å². The van der Waals surface area contributed by atoms with E-state index in [0.717, 1.165) is 39.4 Å². The molecule has 0 unspecified atom stereocenters. The van der Waals surface area contributed by atoms with Gasteiger partial charge in [0, 0.05) is 17.5 Å². The fraction of sp³-hybridized carbons (Fsp3) is 0.400. The normalized spacial score (nSPS) is 11.8. The van der Waals surface area contributed by atoms with Crippen molar-refractivity contribution in [3.63, 3.8) is 0 Å². The molecule has 2 heterocycles. The number of carbonyl (C=O) groups excluding carboxylic acids is 1. The fourth-order valence-electron chi connectivity index (χ4n) is 2.74. The van der Waals surface area contributed by atoms with E-state index in [9.17, 15) is 4.79 Å². The molecule has 0 atom stereocenters. The molecule has 0 radical (unpaired) electrons. The van der Waals surface area contributed by atoms with Crippen molar-refractivity contribution in [3.05, 3.63) is 47.0 Å². The maximum atomic E-state index is 12.5. The van der Waals surface area contributed by atoms with Gasteiger partial charge in [-0.2, -0.15) is 5.10 Å². The number of nitrogens with zero attached hydrogens (tertiary/aromatic N) is 2. The number of nitrogens with one attached hydrogen (secondary N) is 2. The zero-order valence-corrected chi connectivity index (χ0v) is 16.6. The minimum atomic E-state index is -0.0130. The molecule has 0 aliphatic rings. The van der Waals surface area contributed by atoms with Crippen molar-refractivity contribution in [1.82, 2.24) is 20.4 Å². The van der Waals surface area contributed by atoms with E-state index < -0.39 is 0 Å². The Morgan fingerprint density at radius 1 is 1.19 bits per heavy atom. The highest BCUT2D eigenvalue weighted by Crippen LogP contribution is 2.30. The van der Waals surface area contributed by atoms with Crippen LogP contribution in [0, 0.1) is 6.92 Å². The van der Waals surface area contributed by atoms with Crippen molar-refractivity contribution in [2.75, 3.05) is 13.1 Å². The number of carbonyl (C=O) groups is 1. The molecule has 0 bridgehead atoms. The minimum absolute atomic E-state index is 0.0130. The molecule has 5 nitrogen and oxygen atoms in total. The lowest BCUT2D eigenvalue weighted by molar-refractivity contribution is 0.0957. The Balaban J connectivity index is 1.68. The third kappa shape index (κ3) is 4.31. The first kappa shape index (κ1) is 18.6. The zero-order chi connectivity index (χ0) is 18.7. The monoisotopic (exact) mass is 370 g/mol. The number of para-hydroxylation sites is 1. The summed E-state index contributed by atoms with van der Waals surface area (Å²) in [4.78, 5) is 14.2. The van der Waals surface area contributed by atoms with Crippen LogP contribution in [0.1, 0.15) is 42.6 Å². The summed E-state index contributed by atoms with van der Waals surface area (Å²) < 4.78 is 1.92. The van der Waals surface area contributed by atoms with Crippen molar-refractivity contribution >= 4 is 27.5 Å². The molecule has 0 aliphatic heterocycles. The number of hydrogen-bond donors (Lipinski definition) is 2. The zero-order valence-electron chi connectivity index (χ0n) is 15.8. The molecule has 0 spiro atoms. The summed E-state index contributed by atoms with van der Waals surface area (Å²) >= 11 is 1.49. The van der Waals surface area contributed by atoms with Gasteiger partial charge in [-0.05, 0) is 58.9 Å². The molecule has 3 aromatic rings. The van der Waals surface area contributed by atoms with Crippen LogP contribution in [-0.4, -0.2) is 34.3 Å². The molecule has 0 aliphatic carbocycles. The molecular weight excluding hydrogens is 344 g/mol. The van der Waals surface area contributed by atoms with E-state index in [4.69, 9.17) is 0 Å². The van der Waals surface area contributed by atoms with Gasteiger partial charge in [0.05, 0.1) is 16.3 Å². The van der Waals surface area contributed by atoms with Gasteiger partial charge in [-0.15, -0.1) is 11.3 Å². The summed E-state index contributed by atoms with van der Waals surface area (Å²) in [6, 6.07) is 12.0. The van der Waals surface area contributed by atoms with Gasteiger partial charge < -0.3 is 10.6 Å². The van der Waals surface area contributed by atoms with Gasteiger partial charge in [0.2, 0.25) is 0 Å². The van der Waals surface area contributed by atoms with E-state index in [1.165, 1.54) is 11.3 Å². The highest BCUT2D eigenvalue weighted by atomic mass is 32.1. The van der Waals surface area contributed by atoms with Crippen LogP contribution in [0.4, 0.5) is 0 Å². The lowest BCUT2D eigenvalue weighted by Crippen LogP contribution is -2.37. The molecule has 1 amide bonds. The number of rotatable bonds is 6. The number of thiophene rings is 1. The Hall–Kier alpha value is -2.18. The SMILES string of the molecule is Cc1nn(-c2ccccc2)c2sc(C(=O)NCCCNC(C)(C)C)cc12. The van der Waals surface area contributed by atoms with Crippen LogP contribution in [0.25, 0.3) is 15.9 Å². The molecule has 1 aromatic carbocycles. The van der Waals surface area contributed by atoms with Crippen molar-refractivity contribution in [2.24, 2.45) is 0 Å². The minimum Gasteiger partial charge on any atom is -0.351 e.